The van der Waals surface area contributed by atoms with E-state index in [1.807, 2.05) is 0 Å². The molecule has 0 heterocycles. The van der Waals surface area contributed by atoms with Gasteiger partial charge in [0.25, 0.3) is 0 Å². The fourth-order valence-corrected chi connectivity index (χ4v) is 2.28. The van der Waals surface area contributed by atoms with Crippen molar-refractivity contribution in [2.45, 2.75) is 12.3 Å². The predicted octanol–water partition coefficient (Wildman–Crippen LogP) is 1.30. The predicted molar refractivity (Wildman–Crippen MR) is 62.5 cm³/mol. The summed E-state index contributed by atoms with van der Waals surface area (Å²) in [6, 6.07) is 6.33. The van der Waals surface area contributed by atoms with Crippen molar-refractivity contribution in [3.05, 3.63) is 35.6 Å². The van der Waals surface area contributed by atoms with E-state index >= 15 is 0 Å². The number of benzene rings is 1. The summed E-state index contributed by atoms with van der Waals surface area (Å²) in [7, 11) is -3.03. The number of halogens is 1. The van der Waals surface area contributed by atoms with E-state index < -0.39 is 9.84 Å². The average molecular weight is 245 g/mol. The average Bonchev–Trinajstić information content (AvgIpc) is 2.20. The first kappa shape index (κ1) is 13.1. The number of rotatable bonds is 5. The van der Waals surface area contributed by atoms with Crippen LogP contribution in [-0.4, -0.2) is 27.0 Å². The fourth-order valence-electron chi connectivity index (χ4n) is 1.56. The molecule has 0 bridgehead atoms. The molecule has 3 nitrogen and oxygen atoms in total. The monoisotopic (exact) mass is 245 g/mol. The highest BCUT2D eigenvalue weighted by Gasteiger charge is 2.15. The lowest BCUT2D eigenvalue weighted by Crippen LogP contribution is -2.17. The standard InChI is InChI=1S/C11H16FNO2S/c1-16(14,15)7-6-9(8-13)10-4-2-3-5-11(10)12/h2-5,9H,6-8,13H2,1H3. The molecular weight excluding hydrogens is 229 g/mol. The van der Waals surface area contributed by atoms with Gasteiger partial charge in [-0.3, -0.25) is 0 Å². The molecule has 16 heavy (non-hydrogen) atoms. The van der Waals surface area contributed by atoms with E-state index in [0.29, 0.717) is 12.0 Å². The Kier molecular flexibility index (Phi) is 4.44. The molecule has 0 saturated carbocycles. The molecule has 1 aromatic rings. The van der Waals surface area contributed by atoms with Crippen molar-refractivity contribution in [1.82, 2.24) is 0 Å². The molecule has 0 aliphatic rings. The minimum atomic E-state index is -3.03. The Labute approximate surface area is 95.4 Å². The van der Waals surface area contributed by atoms with Crippen LogP contribution in [0.2, 0.25) is 0 Å². The second-order valence-corrected chi connectivity index (χ2v) is 6.13. The van der Waals surface area contributed by atoms with Crippen LogP contribution < -0.4 is 5.73 Å². The summed E-state index contributed by atoms with van der Waals surface area (Å²) in [5.41, 5.74) is 6.04. The van der Waals surface area contributed by atoms with Crippen molar-refractivity contribution >= 4 is 9.84 Å². The highest BCUT2D eigenvalue weighted by molar-refractivity contribution is 7.90. The van der Waals surface area contributed by atoms with Gasteiger partial charge >= 0.3 is 0 Å². The van der Waals surface area contributed by atoms with Gasteiger partial charge in [-0.25, -0.2) is 12.8 Å². The SMILES string of the molecule is CS(=O)(=O)CCC(CN)c1ccccc1F. The zero-order valence-corrected chi connectivity index (χ0v) is 10.0. The third-order valence-electron chi connectivity index (χ3n) is 2.47. The third kappa shape index (κ3) is 3.90. The van der Waals surface area contributed by atoms with Gasteiger partial charge in [0.05, 0.1) is 5.75 Å². The zero-order valence-electron chi connectivity index (χ0n) is 9.19. The zero-order chi connectivity index (χ0) is 12.2. The van der Waals surface area contributed by atoms with Crippen molar-refractivity contribution in [3.63, 3.8) is 0 Å². The fraction of sp³-hybridized carbons (Fsp3) is 0.455. The molecule has 0 saturated heterocycles. The van der Waals surface area contributed by atoms with E-state index in [1.165, 1.54) is 12.3 Å². The Morgan fingerprint density at radius 2 is 2.00 bits per heavy atom. The quantitative estimate of drug-likeness (QED) is 0.850. The normalized spacial score (nSPS) is 13.7. The van der Waals surface area contributed by atoms with E-state index in [-0.39, 0.29) is 24.0 Å². The van der Waals surface area contributed by atoms with Gasteiger partial charge in [0.15, 0.2) is 0 Å². The third-order valence-corrected chi connectivity index (χ3v) is 3.44. The summed E-state index contributed by atoms with van der Waals surface area (Å²) in [5.74, 6) is -0.536. The first-order valence-electron chi connectivity index (χ1n) is 5.06. The van der Waals surface area contributed by atoms with E-state index in [2.05, 4.69) is 0 Å². The lowest BCUT2D eigenvalue weighted by atomic mass is 9.96. The number of nitrogens with two attached hydrogens (primary N) is 1. The Bertz CT molecular complexity index is 445. The molecule has 1 atom stereocenters. The van der Waals surface area contributed by atoms with Crippen molar-refractivity contribution in [1.29, 1.82) is 0 Å². The van der Waals surface area contributed by atoms with E-state index in [9.17, 15) is 12.8 Å². The van der Waals surface area contributed by atoms with Gasteiger partial charge in [0, 0.05) is 6.26 Å². The molecule has 90 valence electrons. The largest absolute Gasteiger partial charge is 0.330 e. The topological polar surface area (TPSA) is 60.2 Å². The van der Waals surface area contributed by atoms with Crippen molar-refractivity contribution < 1.29 is 12.8 Å². The highest BCUT2D eigenvalue weighted by atomic mass is 32.2. The minimum Gasteiger partial charge on any atom is -0.330 e. The van der Waals surface area contributed by atoms with Crippen LogP contribution in [0.15, 0.2) is 24.3 Å². The molecule has 0 aliphatic heterocycles. The number of hydrogen-bond donors (Lipinski definition) is 1. The summed E-state index contributed by atoms with van der Waals surface area (Å²) in [6.07, 6.45) is 1.53. The van der Waals surface area contributed by atoms with E-state index in [4.69, 9.17) is 5.73 Å². The molecule has 2 N–H and O–H groups in total. The highest BCUT2D eigenvalue weighted by Crippen LogP contribution is 2.21. The Morgan fingerprint density at radius 3 is 2.50 bits per heavy atom. The smallest absolute Gasteiger partial charge is 0.147 e. The lowest BCUT2D eigenvalue weighted by Gasteiger charge is -2.15. The minimum absolute atomic E-state index is 0.0310. The van der Waals surface area contributed by atoms with Crippen LogP contribution in [0.1, 0.15) is 17.9 Å². The van der Waals surface area contributed by atoms with E-state index in [1.54, 1.807) is 18.2 Å². The van der Waals surface area contributed by atoms with Crippen LogP contribution in [0.4, 0.5) is 4.39 Å². The number of hydrogen-bond acceptors (Lipinski definition) is 3. The van der Waals surface area contributed by atoms with Gasteiger partial charge < -0.3 is 5.73 Å². The molecule has 5 heteroatoms. The first-order chi connectivity index (χ1) is 7.44. The Hall–Kier alpha value is -0.940. The van der Waals surface area contributed by atoms with Crippen LogP contribution in [-0.2, 0) is 9.84 Å². The van der Waals surface area contributed by atoms with Gasteiger partial charge in [0.2, 0.25) is 0 Å². The van der Waals surface area contributed by atoms with Gasteiger partial charge in [0.1, 0.15) is 15.7 Å². The molecule has 0 fully saturated rings. The van der Waals surface area contributed by atoms with Crippen LogP contribution in [0.3, 0.4) is 0 Å². The van der Waals surface area contributed by atoms with Crippen LogP contribution in [0, 0.1) is 5.82 Å². The van der Waals surface area contributed by atoms with Crippen LogP contribution in [0.25, 0.3) is 0 Å². The number of sulfone groups is 1. The molecule has 0 radical (unpaired) electrons. The molecule has 0 aromatic heterocycles. The summed E-state index contributed by atoms with van der Waals surface area (Å²) in [6.45, 7) is 0.246. The second-order valence-electron chi connectivity index (χ2n) is 3.87. The molecular formula is C11H16FNO2S. The summed E-state index contributed by atoms with van der Waals surface area (Å²) in [4.78, 5) is 0. The van der Waals surface area contributed by atoms with Crippen molar-refractivity contribution in [3.8, 4) is 0 Å². The van der Waals surface area contributed by atoms with Crippen LogP contribution >= 0.6 is 0 Å². The molecule has 1 rings (SSSR count). The molecule has 0 aliphatic carbocycles. The van der Waals surface area contributed by atoms with Gasteiger partial charge in [-0.1, -0.05) is 18.2 Å². The summed E-state index contributed by atoms with van der Waals surface area (Å²) in [5, 5.41) is 0. The Morgan fingerprint density at radius 1 is 1.38 bits per heavy atom. The summed E-state index contributed by atoms with van der Waals surface area (Å²) < 4.78 is 35.5. The molecule has 1 unspecified atom stereocenters. The lowest BCUT2D eigenvalue weighted by molar-refractivity contribution is 0.561. The maximum atomic E-state index is 13.4. The molecule has 0 amide bonds. The maximum absolute atomic E-state index is 13.4. The Balaban J connectivity index is 2.79. The molecule has 0 spiro atoms. The van der Waals surface area contributed by atoms with Gasteiger partial charge in [-0.05, 0) is 30.5 Å². The molecule has 1 aromatic carbocycles. The van der Waals surface area contributed by atoms with Gasteiger partial charge in [-0.2, -0.15) is 0 Å². The van der Waals surface area contributed by atoms with Crippen molar-refractivity contribution in [2.24, 2.45) is 5.73 Å². The maximum Gasteiger partial charge on any atom is 0.147 e. The van der Waals surface area contributed by atoms with Crippen LogP contribution in [0.5, 0.6) is 0 Å². The van der Waals surface area contributed by atoms with E-state index in [0.717, 1.165) is 0 Å². The summed E-state index contributed by atoms with van der Waals surface area (Å²) >= 11 is 0. The van der Waals surface area contributed by atoms with Gasteiger partial charge in [-0.15, -0.1) is 0 Å². The first-order valence-corrected chi connectivity index (χ1v) is 7.12. The van der Waals surface area contributed by atoms with Crippen molar-refractivity contribution in [2.75, 3.05) is 18.6 Å². The second kappa shape index (κ2) is 5.41.